The van der Waals surface area contributed by atoms with Crippen LogP contribution >= 0.6 is 11.9 Å². The van der Waals surface area contributed by atoms with Gasteiger partial charge in [0.1, 0.15) is 5.75 Å². The molecule has 2 aromatic carbocycles. The van der Waals surface area contributed by atoms with Crippen molar-refractivity contribution in [3.8, 4) is 11.4 Å². The summed E-state index contributed by atoms with van der Waals surface area (Å²) in [6.45, 7) is 7.84. The number of fused-ring (bicyclic) bond motifs is 1. The number of aromatic amines is 1. The Balaban J connectivity index is 1.85. The predicted molar refractivity (Wildman–Crippen MR) is 131 cm³/mol. The molecular formula is C24H28N4O3S. The molecule has 1 aliphatic heterocycles. The van der Waals surface area contributed by atoms with Crippen LogP contribution in [0.15, 0.2) is 52.2 Å². The van der Waals surface area contributed by atoms with Crippen LogP contribution in [0, 0.1) is 0 Å². The molecule has 0 saturated carbocycles. The van der Waals surface area contributed by atoms with Crippen molar-refractivity contribution in [2.45, 2.75) is 39.3 Å². The minimum Gasteiger partial charge on any atom is -0.494 e. The van der Waals surface area contributed by atoms with Crippen LogP contribution in [0.5, 0.6) is 5.75 Å². The van der Waals surface area contributed by atoms with Gasteiger partial charge in [0.05, 0.1) is 18.5 Å². The van der Waals surface area contributed by atoms with Crippen molar-refractivity contribution in [3.05, 3.63) is 80.1 Å². The maximum atomic E-state index is 12.5. The molecule has 1 aromatic heterocycles. The van der Waals surface area contributed by atoms with Gasteiger partial charge in [0.15, 0.2) is 0 Å². The number of H-pyrrole nitrogens is 1. The van der Waals surface area contributed by atoms with Gasteiger partial charge < -0.3 is 14.4 Å². The molecule has 2 N–H and O–H groups in total. The minimum absolute atomic E-state index is 0.218. The van der Waals surface area contributed by atoms with E-state index in [1.54, 1.807) is 19.1 Å². The Morgan fingerprint density at radius 3 is 2.47 bits per heavy atom. The van der Waals surface area contributed by atoms with E-state index in [0.29, 0.717) is 5.69 Å². The zero-order valence-electron chi connectivity index (χ0n) is 19.0. The SMILES string of the molecule is COc1c(N2Cc3ccc(NSC)cc3C2)cc(-n2ccc(=O)[nH]c2=O)cc1C(C)(C)C. The number of methoxy groups -OCH3 is 1. The van der Waals surface area contributed by atoms with Crippen molar-refractivity contribution in [2.75, 3.05) is 23.0 Å². The van der Waals surface area contributed by atoms with E-state index in [1.165, 1.54) is 28.0 Å². The Labute approximate surface area is 191 Å². The summed E-state index contributed by atoms with van der Waals surface area (Å²) in [5.41, 5.74) is 5.10. The second-order valence-corrected chi connectivity index (χ2v) is 9.53. The fourth-order valence-corrected chi connectivity index (χ4v) is 4.47. The average molecular weight is 453 g/mol. The number of aromatic nitrogens is 2. The summed E-state index contributed by atoms with van der Waals surface area (Å²) in [5.74, 6) is 0.800. The van der Waals surface area contributed by atoms with Gasteiger partial charge in [-0.05, 0) is 40.8 Å². The molecule has 0 bridgehead atoms. The molecule has 0 amide bonds. The van der Waals surface area contributed by atoms with Gasteiger partial charge in [0.25, 0.3) is 5.56 Å². The molecule has 8 heteroatoms. The summed E-state index contributed by atoms with van der Waals surface area (Å²) in [5, 5.41) is 0. The van der Waals surface area contributed by atoms with Gasteiger partial charge in [0.2, 0.25) is 0 Å². The molecule has 0 aliphatic carbocycles. The van der Waals surface area contributed by atoms with E-state index in [1.807, 2.05) is 18.4 Å². The molecule has 0 fully saturated rings. The molecule has 3 aromatic rings. The summed E-state index contributed by atoms with van der Waals surface area (Å²) in [4.78, 5) is 28.7. The number of benzene rings is 2. The molecule has 0 spiro atoms. The van der Waals surface area contributed by atoms with Gasteiger partial charge in [-0.2, -0.15) is 0 Å². The Kier molecular flexibility index (Phi) is 5.81. The molecular weight excluding hydrogens is 424 g/mol. The highest BCUT2D eigenvalue weighted by Gasteiger charge is 2.28. The van der Waals surface area contributed by atoms with E-state index >= 15 is 0 Å². The van der Waals surface area contributed by atoms with E-state index in [9.17, 15) is 9.59 Å². The maximum absolute atomic E-state index is 12.5. The monoisotopic (exact) mass is 452 g/mol. The van der Waals surface area contributed by atoms with Crippen LogP contribution in [0.2, 0.25) is 0 Å². The van der Waals surface area contributed by atoms with Gasteiger partial charge in [-0.3, -0.25) is 14.3 Å². The van der Waals surface area contributed by atoms with Gasteiger partial charge in [-0.15, -0.1) is 0 Å². The largest absolute Gasteiger partial charge is 0.494 e. The molecule has 0 atom stereocenters. The summed E-state index contributed by atoms with van der Waals surface area (Å²) < 4.78 is 10.7. The summed E-state index contributed by atoms with van der Waals surface area (Å²) >= 11 is 1.57. The first-order valence-electron chi connectivity index (χ1n) is 10.4. The Bertz CT molecular complexity index is 1270. The molecule has 0 radical (unpaired) electrons. The first kappa shape index (κ1) is 22.1. The normalized spacial score (nSPS) is 13.2. The van der Waals surface area contributed by atoms with E-state index in [-0.39, 0.29) is 5.41 Å². The van der Waals surface area contributed by atoms with Crippen molar-refractivity contribution in [1.82, 2.24) is 9.55 Å². The second kappa shape index (κ2) is 8.43. The highest BCUT2D eigenvalue weighted by Crippen LogP contribution is 2.43. The maximum Gasteiger partial charge on any atom is 0.332 e. The van der Waals surface area contributed by atoms with Crippen LogP contribution in [-0.2, 0) is 18.5 Å². The van der Waals surface area contributed by atoms with Crippen LogP contribution in [-0.4, -0.2) is 22.9 Å². The van der Waals surface area contributed by atoms with Gasteiger partial charge in [-0.1, -0.05) is 38.8 Å². The van der Waals surface area contributed by atoms with Gasteiger partial charge in [-0.25, -0.2) is 4.79 Å². The quantitative estimate of drug-likeness (QED) is 0.569. The second-order valence-electron chi connectivity index (χ2n) is 8.92. The van der Waals surface area contributed by atoms with Crippen molar-refractivity contribution in [2.24, 2.45) is 0 Å². The Morgan fingerprint density at radius 2 is 1.81 bits per heavy atom. The topological polar surface area (TPSA) is 79.4 Å². The summed E-state index contributed by atoms with van der Waals surface area (Å²) in [7, 11) is 1.68. The number of hydrogen-bond donors (Lipinski definition) is 2. The lowest BCUT2D eigenvalue weighted by atomic mass is 9.85. The van der Waals surface area contributed by atoms with E-state index in [0.717, 1.165) is 35.8 Å². The van der Waals surface area contributed by atoms with Crippen LogP contribution < -0.4 is 25.6 Å². The lowest BCUT2D eigenvalue weighted by Gasteiger charge is -2.29. The van der Waals surface area contributed by atoms with Crippen LogP contribution in [0.4, 0.5) is 11.4 Å². The first-order valence-corrected chi connectivity index (χ1v) is 11.6. The van der Waals surface area contributed by atoms with Gasteiger partial charge >= 0.3 is 5.69 Å². The third-order valence-corrected chi connectivity index (χ3v) is 6.10. The van der Waals surface area contributed by atoms with Crippen LogP contribution in [0.1, 0.15) is 37.5 Å². The predicted octanol–water partition coefficient (Wildman–Crippen LogP) is 4.04. The molecule has 168 valence electrons. The zero-order chi connectivity index (χ0) is 23.0. The van der Waals surface area contributed by atoms with E-state index in [4.69, 9.17) is 4.74 Å². The minimum atomic E-state index is -0.467. The first-order chi connectivity index (χ1) is 15.2. The Morgan fingerprint density at radius 1 is 1.06 bits per heavy atom. The summed E-state index contributed by atoms with van der Waals surface area (Å²) in [6, 6.07) is 11.7. The van der Waals surface area contributed by atoms with Crippen molar-refractivity contribution >= 4 is 23.3 Å². The third kappa shape index (κ3) is 4.14. The average Bonchev–Trinajstić information content (AvgIpc) is 3.15. The fourth-order valence-electron chi connectivity index (χ4n) is 4.11. The molecule has 1 aliphatic rings. The van der Waals surface area contributed by atoms with Crippen molar-refractivity contribution < 1.29 is 4.74 Å². The van der Waals surface area contributed by atoms with Crippen molar-refractivity contribution in [3.63, 3.8) is 0 Å². The van der Waals surface area contributed by atoms with E-state index in [2.05, 4.69) is 53.6 Å². The van der Waals surface area contributed by atoms with E-state index < -0.39 is 11.2 Å². The van der Waals surface area contributed by atoms with Crippen LogP contribution in [0.25, 0.3) is 5.69 Å². The molecule has 0 unspecified atom stereocenters. The number of nitrogens with one attached hydrogen (secondary N) is 2. The number of ether oxygens (including phenoxy) is 1. The number of hydrogen-bond acceptors (Lipinski definition) is 6. The lowest BCUT2D eigenvalue weighted by molar-refractivity contribution is 0.397. The molecule has 32 heavy (non-hydrogen) atoms. The molecule has 4 rings (SSSR count). The highest BCUT2D eigenvalue weighted by molar-refractivity contribution is 7.99. The number of nitrogens with zero attached hydrogens (tertiary/aromatic N) is 2. The van der Waals surface area contributed by atoms with Gasteiger partial charge in [0, 0.05) is 42.9 Å². The van der Waals surface area contributed by atoms with Crippen molar-refractivity contribution in [1.29, 1.82) is 0 Å². The fraction of sp³-hybridized carbons (Fsp3) is 0.333. The smallest absolute Gasteiger partial charge is 0.332 e. The molecule has 2 heterocycles. The lowest BCUT2D eigenvalue weighted by Crippen LogP contribution is -2.28. The number of rotatable bonds is 5. The Hall–Kier alpha value is -3.13. The standard InChI is InChI=1S/C24H28N4O3S/c1-24(2,3)19-11-18(28-9-8-21(29)25-23(28)30)12-20(22(19)31-4)27-13-15-6-7-17(26-32-5)10-16(15)14-27/h6-12,26H,13-14H2,1-5H3,(H,25,29,30). The summed E-state index contributed by atoms with van der Waals surface area (Å²) in [6.07, 6.45) is 3.51. The molecule has 0 saturated heterocycles. The molecule has 7 nitrogen and oxygen atoms in total. The third-order valence-electron chi connectivity index (χ3n) is 5.66. The van der Waals surface area contributed by atoms with Crippen LogP contribution in [0.3, 0.4) is 0 Å². The zero-order valence-corrected chi connectivity index (χ0v) is 19.8. The number of anilines is 2. The highest BCUT2D eigenvalue weighted by atomic mass is 32.2.